The number of alkyl halides is 3. The van der Waals surface area contributed by atoms with Crippen molar-refractivity contribution in [2.24, 2.45) is 0 Å². The Hall–Kier alpha value is -8.72. The van der Waals surface area contributed by atoms with E-state index in [1.165, 1.54) is 12.1 Å². The summed E-state index contributed by atoms with van der Waals surface area (Å²) in [4.78, 5) is 0. The van der Waals surface area contributed by atoms with Crippen molar-refractivity contribution in [1.82, 2.24) is 4.57 Å². The smallest absolute Gasteiger partial charge is 0.308 e. The molecule has 73 heavy (non-hydrogen) atoms. The molecule has 0 aliphatic heterocycles. The zero-order chi connectivity index (χ0) is 50.3. The van der Waals surface area contributed by atoms with Crippen LogP contribution in [0.2, 0.25) is 0 Å². The van der Waals surface area contributed by atoms with E-state index in [9.17, 15) is 5.26 Å². The van der Waals surface area contributed by atoms with E-state index in [2.05, 4.69) is 184 Å². The molecule has 2 nitrogen and oxygen atoms in total. The van der Waals surface area contributed by atoms with Gasteiger partial charge in [-0.25, -0.2) is 0 Å². The zero-order valence-electron chi connectivity index (χ0n) is 41.2. The van der Waals surface area contributed by atoms with Crippen LogP contribution in [0.3, 0.4) is 0 Å². The maximum Gasteiger partial charge on any atom is 0.417 e. The van der Waals surface area contributed by atoms with Gasteiger partial charge in [-0.3, -0.25) is 0 Å². The maximum atomic E-state index is 15.8. The van der Waals surface area contributed by atoms with Gasteiger partial charge in [0.15, 0.2) is 0 Å². The molecule has 12 rings (SSSR count). The third kappa shape index (κ3) is 7.91. The highest BCUT2D eigenvalue weighted by atomic mass is 19.4. The molecule has 5 heteroatoms. The molecule has 0 saturated heterocycles. The number of nitrogens with zero attached hydrogens (tertiary/aromatic N) is 2. The predicted octanol–water partition coefficient (Wildman–Crippen LogP) is 18.7. The summed E-state index contributed by atoms with van der Waals surface area (Å²) in [5.41, 5.74) is 20.0. The Morgan fingerprint density at radius 1 is 0.411 bits per heavy atom. The highest BCUT2D eigenvalue weighted by molar-refractivity contribution is 6.11. The molecule has 0 unspecified atom stereocenters. The summed E-state index contributed by atoms with van der Waals surface area (Å²) in [6, 6.07) is 70.1. The highest BCUT2D eigenvalue weighted by Crippen LogP contribution is 2.54. The molecule has 0 radical (unpaired) electrons. The van der Waals surface area contributed by atoms with Crippen molar-refractivity contribution >= 4 is 21.8 Å². The van der Waals surface area contributed by atoms with E-state index in [-0.39, 0.29) is 5.56 Å². The first-order chi connectivity index (χ1) is 35.3. The predicted molar refractivity (Wildman–Crippen MR) is 294 cm³/mol. The van der Waals surface area contributed by atoms with Crippen molar-refractivity contribution in [2.75, 3.05) is 0 Å². The third-order valence-electron chi connectivity index (χ3n) is 14.9. The maximum absolute atomic E-state index is 15.8. The van der Waals surface area contributed by atoms with Crippen LogP contribution in [0.4, 0.5) is 13.2 Å². The number of nitriles is 1. The molecule has 1 heterocycles. The van der Waals surface area contributed by atoms with Crippen molar-refractivity contribution in [3.63, 3.8) is 0 Å². The molecular weight excluding hydrogens is 902 g/mol. The Kier molecular flexibility index (Phi) is 10.9. The number of benzene rings is 10. The lowest BCUT2D eigenvalue weighted by molar-refractivity contribution is -0.137. The second kappa shape index (κ2) is 17.5. The fourth-order valence-electron chi connectivity index (χ4n) is 11.5. The van der Waals surface area contributed by atoms with Crippen LogP contribution in [0.25, 0.3) is 94.3 Å². The summed E-state index contributed by atoms with van der Waals surface area (Å²) < 4.78 is 49.5. The Bertz CT molecular complexity index is 3910. The highest BCUT2D eigenvalue weighted by Gasteiger charge is 2.38. The lowest BCUT2D eigenvalue weighted by Crippen LogP contribution is -2.12. The molecule has 1 aromatic heterocycles. The molecule has 0 N–H and O–H groups in total. The molecule has 0 bridgehead atoms. The molecule has 10 aromatic carbocycles. The van der Waals surface area contributed by atoms with E-state index in [0.29, 0.717) is 27.9 Å². The van der Waals surface area contributed by atoms with Gasteiger partial charge < -0.3 is 4.57 Å². The van der Waals surface area contributed by atoms with Crippen molar-refractivity contribution in [1.29, 1.82) is 5.26 Å². The summed E-state index contributed by atoms with van der Waals surface area (Å²) in [5, 5.41) is 13.6. The molecule has 0 atom stereocenters. The Morgan fingerprint density at radius 3 is 1.23 bits per heavy atom. The number of halogens is 3. The first-order valence-electron chi connectivity index (χ1n) is 24.7. The first-order valence-corrected chi connectivity index (χ1v) is 24.7. The average molecular weight is 951 g/mol. The van der Waals surface area contributed by atoms with Crippen LogP contribution in [0.1, 0.15) is 61.6 Å². The SMILES string of the molecule is Cc1cccc(-c2ccc3c(c2)C(c2cc(C#N)c(-n4c5cc(-c6cccc(C)c6)ccc5c5ccc(-c6cccc(C)c6)cc54)cc2-c2c(C)cccc2C(F)(F)F)c2cc(-c4cccc(C)c4)ccc2-3)c1. The van der Waals surface area contributed by atoms with Gasteiger partial charge in [-0.1, -0.05) is 180 Å². The quantitative estimate of drug-likeness (QED) is 0.156. The van der Waals surface area contributed by atoms with Gasteiger partial charge >= 0.3 is 6.18 Å². The molecule has 0 saturated carbocycles. The molecular formula is C68H49F3N2. The van der Waals surface area contributed by atoms with Crippen molar-refractivity contribution in [3.8, 4) is 78.5 Å². The Balaban J connectivity index is 1.20. The van der Waals surface area contributed by atoms with Crippen LogP contribution in [-0.4, -0.2) is 4.57 Å². The van der Waals surface area contributed by atoms with Gasteiger partial charge in [-0.15, -0.1) is 0 Å². The standard InChI is InChI=1S/C68H49F3N2/c1-40-11-6-16-45(29-40)49-21-25-54-55-26-22-50(46-17-7-12-41(2)30-46)34-59(55)67(58(54)33-49)60-35-53(39-72)63(38-61(60)66-44(5)15-10-20-62(66)68(69,70)71)73-64-36-51(47-18-8-13-42(3)31-47)23-27-56(64)57-28-24-52(37-65(57)73)48-19-9-14-43(4)32-48/h6-38,67H,1-5H3. The fourth-order valence-corrected chi connectivity index (χ4v) is 11.5. The van der Waals surface area contributed by atoms with E-state index in [0.717, 1.165) is 111 Å². The lowest BCUT2D eigenvalue weighted by Gasteiger charge is -2.25. The van der Waals surface area contributed by atoms with Gasteiger partial charge in [0.1, 0.15) is 6.07 Å². The summed E-state index contributed by atoms with van der Waals surface area (Å²) >= 11 is 0. The van der Waals surface area contributed by atoms with Crippen molar-refractivity contribution in [2.45, 2.75) is 46.7 Å². The number of aryl methyl sites for hydroxylation is 5. The van der Waals surface area contributed by atoms with Crippen LogP contribution in [-0.2, 0) is 6.18 Å². The second-order valence-electron chi connectivity index (χ2n) is 19.9. The fraction of sp³-hybridized carbons (Fsp3) is 0.103. The van der Waals surface area contributed by atoms with Gasteiger partial charge in [0, 0.05) is 16.7 Å². The van der Waals surface area contributed by atoms with E-state index in [1.54, 1.807) is 13.0 Å². The van der Waals surface area contributed by atoms with Crippen LogP contribution in [0.5, 0.6) is 0 Å². The molecule has 0 amide bonds. The topological polar surface area (TPSA) is 28.7 Å². The monoisotopic (exact) mass is 950 g/mol. The molecule has 1 aliphatic rings. The van der Waals surface area contributed by atoms with Crippen molar-refractivity contribution < 1.29 is 13.2 Å². The van der Waals surface area contributed by atoms with Crippen LogP contribution >= 0.6 is 0 Å². The second-order valence-corrected chi connectivity index (χ2v) is 19.9. The summed E-state index contributed by atoms with van der Waals surface area (Å²) in [7, 11) is 0. The summed E-state index contributed by atoms with van der Waals surface area (Å²) in [5.74, 6) is -0.546. The van der Waals surface area contributed by atoms with Crippen LogP contribution in [0, 0.1) is 45.9 Å². The summed E-state index contributed by atoms with van der Waals surface area (Å²) in [6.45, 7) is 10.1. The number of rotatable bonds is 7. The molecule has 352 valence electrons. The number of fused-ring (bicyclic) bond motifs is 6. The zero-order valence-corrected chi connectivity index (χ0v) is 41.2. The van der Waals surface area contributed by atoms with Gasteiger partial charge in [0.05, 0.1) is 27.8 Å². The normalized spacial score (nSPS) is 12.3. The molecule has 0 fully saturated rings. The summed E-state index contributed by atoms with van der Waals surface area (Å²) in [6.07, 6.45) is -4.69. The minimum atomic E-state index is -4.69. The number of hydrogen-bond acceptors (Lipinski definition) is 1. The van der Waals surface area contributed by atoms with E-state index >= 15 is 13.2 Å². The van der Waals surface area contributed by atoms with Gasteiger partial charge in [0.2, 0.25) is 0 Å². The lowest BCUT2D eigenvalue weighted by atomic mass is 9.80. The van der Waals surface area contributed by atoms with Crippen LogP contribution in [0.15, 0.2) is 200 Å². The van der Waals surface area contributed by atoms with Crippen LogP contribution < -0.4 is 0 Å². The van der Waals surface area contributed by atoms with E-state index < -0.39 is 17.7 Å². The average Bonchev–Trinajstić information content (AvgIpc) is 3.89. The van der Waals surface area contributed by atoms with Crippen molar-refractivity contribution in [3.05, 3.63) is 256 Å². The van der Waals surface area contributed by atoms with E-state index in [1.807, 2.05) is 36.4 Å². The van der Waals surface area contributed by atoms with E-state index in [4.69, 9.17) is 0 Å². The Labute approximate surface area is 423 Å². The minimum Gasteiger partial charge on any atom is -0.308 e. The molecule has 0 spiro atoms. The first kappa shape index (κ1) is 45.4. The molecule has 1 aliphatic carbocycles. The largest absolute Gasteiger partial charge is 0.417 e. The third-order valence-corrected chi connectivity index (χ3v) is 14.9. The van der Waals surface area contributed by atoms with Gasteiger partial charge in [0.25, 0.3) is 0 Å². The van der Waals surface area contributed by atoms with Gasteiger partial charge in [-0.2, -0.15) is 18.4 Å². The number of aromatic nitrogens is 1. The Morgan fingerprint density at radius 2 is 0.808 bits per heavy atom. The number of hydrogen-bond donors (Lipinski definition) is 0. The minimum absolute atomic E-state index is 0.0945. The molecule has 11 aromatic rings. The van der Waals surface area contributed by atoms with Gasteiger partial charge in [-0.05, 0) is 166 Å².